The van der Waals surface area contributed by atoms with Crippen molar-refractivity contribution in [3.05, 3.63) is 23.8 Å². The quantitative estimate of drug-likeness (QED) is 0.893. The molecule has 0 aromatic heterocycles. The lowest BCUT2D eigenvalue weighted by Gasteiger charge is -2.20. The van der Waals surface area contributed by atoms with Crippen LogP contribution in [0.25, 0.3) is 0 Å². The van der Waals surface area contributed by atoms with Gasteiger partial charge in [-0.1, -0.05) is 26.0 Å². The minimum atomic E-state index is 0.545. The number of hydrogen-bond acceptors (Lipinski definition) is 3. The van der Waals surface area contributed by atoms with E-state index in [2.05, 4.69) is 31.3 Å². The SMILES string of the molecule is CC(C)C1(CNCc2cccc3c2OCCCO3)CC1. The zero-order valence-electron chi connectivity index (χ0n) is 12.6. The number of ether oxygens (including phenoxy) is 2. The second-order valence-electron chi connectivity index (χ2n) is 6.42. The Morgan fingerprint density at radius 1 is 1.20 bits per heavy atom. The molecule has 0 saturated heterocycles. The molecular formula is C17H25NO2. The maximum atomic E-state index is 5.86. The molecule has 0 atom stereocenters. The summed E-state index contributed by atoms with van der Waals surface area (Å²) in [5, 5.41) is 3.62. The first-order valence-corrected chi connectivity index (χ1v) is 7.79. The molecule has 1 aromatic rings. The van der Waals surface area contributed by atoms with Gasteiger partial charge in [0.25, 0.3) is 0 Å². The van der Waals surface area contributed by atoms with Gasteiger partial charge in [0.2, 0.25) is 0 Å². The second-order valence-corrected chi connectivity index (χ2v) is 6.42. The fraction of sp³-hybridized carbons (Fsp3) is 0.647. The molecular weight excluding hydrogens is 250 g/mol. The molecule has 3 nitrogen and oxygen atoms in total. The third kappa shape index (κ3) is 2.78. The number of benzene rings is 1. The van der Waals surface area contributed by atoms with Crippen molar-refractivity contribution in [2.24, 2.45) is 11.3 Å². The van der Waals surface area contributed by atoms with E-state index in [0.717, 1.165) is 50.1 Å². The first kappa shape index (κ1) is 13.7. The van der Waals surface area contributed by atoms with Gasteiger partial charge in [-0.25, -0.2) is 0 Å². The molecule has 0 spiro atoms. The largest absolute Gasteiger partial charge is 0.490 e. The van der Waals surface area contributed by atoms with Crippen LogP contribution in [-0.2, 0) is 6.54 Å². The molecule has 1 aliphatic heterocycles. The zero-order valence-corrected chi connectivity index (χ0v) is 12.6. The molecule has 3 rings (SSSR count). The van der Waals surface area contributed by atoms with Gasteiger partial charge in [0.15, 0.2) is 11.5 Å². The summed E-state index contributed by atoms with van der Waals surface area (Å²) in [6.45, 7) is 8.14. The van der Waals surface area contributed by atoms with Gasteiger partial charge >= 0.3 is 0 Å². The van der Waals surface area contributed by atoms with Crippen LogP contribution in [0.5, 0.6) is 11.5 Å². The standard InChI is InChI=1S/C17H25NO2/c1-13(2)17(7-8-17)12-18-11-14-5-3-6-15-16(14)20-10-4-9-19-15/h3,5-6,13,18H,4,7-12H2,1-2H3. The number of nitrogens with one attached hydrogen (secondary N) is 1. The fourth-order valence-electron chi connectivity index (χ4n) is 2.96. The molecule has 20 heavy (non-hydrogen) atoms. The molecule has 1 saturated carbocycles. The van der Waals surface area contributed by atoms with Gasteiger partial charge in [-0.3, -0.25) is 0 Å². The van der Waals surface area contributed by atoms with Crippen LogP contribution in [0.1, 0.15) is 38.7 Å². The van der Waals surface area contributed by atoms with Crippen LogP contribution >= 0.6 is 0 Å². The summed E-state index contributed by atoms with van der Waals surface area (Å²) in [5.41, 5.74) is 1.76. The van der Waals surface area contributed by atoms with Crippen LogP contribution in [0.2, 0.25) is 0 Å². The number of fused-ring (bicyclic) bond motifs is 1. The number of para-hydroxylation sites is 1. The van der Waals surface area contributed by atoms with Crippen LogP contribution < -0.4 is 14.8 Å². The Morgan fingerprint density at radius 2 is 2.00 bits per heavy atom. The fourth-order valence-corrected chi connectivity index (χ4v) is 2.96. The molecule has 1 fully saturated rings. The first-order chi connectivity index (χ1) is 9.71. The summed E-state index contributed by atoms with van der Waals surface area (Å²) >= 11 is 0. The van der Waals surface area contributed by atoms with Crippen molar-refractivity contribution in [1.29, 1.82) is 0 Å². The van der Waals surface area contributed by atoms with Gasteiger partial charge in [0, 0.05) is 25.1 Å². The Balaban J connectivity index is 1.63. The highest BCUT2D eigenvalue weighted by molar-refractivity contribution is 5.47. The average molecular weight is 275 g/mol. The van der Waals surface area contributed by atoms with E-state index in [1.54, 1.807) is 0 Å². The van der Waals surface area contributed by atoms with E-state index < -0.39 is 0 Å². The third-order valence-corrected chi connectivity index (χ3v) is 4.76. The molecule has 2 aliphatic rings. The van der Waals surface area contributed by atoms with E-state index in [1.807, 2.05) is 6.07 Å². The van der Waals surface area contributed by atoms with E-state index in [4.69, 9.17) is 9.47 Å². The maximum absolute atomic E-state index is 5.86. The van der Waals surface area contributed by atoms with Gasteiger partial charge < -0.3 is 14.8 Å². The van der Waals surface area contributed by atoms with Gasteiger partial charge in [-0.2, -0.15) is 0 Å². The predicted molar refractivity (Wildman–Crippen MR) is 80.3 cm³/mol. The number of rotatable bonds is 5. The Hall–Kier alpha value is -1.22. The summed E-state index contributed by atoms with van der Waals surface area (Å²) in [5.74, 6) is 2.60. The highest BCUT2D eigenvalue weighted by atomic mass is 16.5. The molecule has 1 N–H and O–H groups in total. The lowest BCUT2D eigenvalue weighted by Crippen LogP contribution is -2.27. The Bertz CT molecular complexity index is 466. The molecule has 3 heteroatoms. The molecule has 0 amide bonds. The molecule has 0 unspecified atom stereocenters. The average Bonchev–Trinajstić information content (AvgIpc) is 3.22. The van der Waals surface area contributed by atoms with E-state index >= 15 is 0 Å². The van der Waals surface area contributed by atoms with Crippen molar-refractivity contribution in [2.45, 2.75) is 39.7 Å². The molecule has 1 aliphatic carbocycles. The smallest absolute Gasteiger partial charge is 0.165 e. The van der Waals surface area contributed by atoms with Gasteiger partial charge in [-0.05, 0) is 30.2 Å². The first-order valence-electron chi connectivity index (χ1n) is 7.79. The number of hydrogen-bond donors (Lipinski definition) is 1. The lowest BCUT2D eigenvalue weighted by atomic mass is 9.92. The summed E-state index contributed by atoms with van der Waals surface area (Å²) in [4.78, 5) is 0. The summed E-state index contributed by atoms with van der Waals surface area (Å²) in [7, 11) is 0. The Labute approximate surface area is 121 Å². The van der Waals surface area contributed by atoms with E-state index in [9.17, 15) is 0 Å². The molecule has 0 bridgehead atoms. The van der Waals surface area contributed by atoms with Crippen molar-refractivity contribution >= 4 is 0 Å². The minimum Gasteiger partial charge on any atom is -0.490 e. The lowest BCUT2D eigenvalue weighted by molar-refractivity contribution is 0.295. The van der Waals surface area contributed by atoms with Gasteiger partial charge in [0.05, 0.1) is 13.2 Å². The molecule has 1 heterocycles. The van der Waals surface area contributed by atoms with E-state index in [0.29, 0.717) is 5.41 Å². The van der Waals surface area contributed by atoms with Gasteiger partial charge in [-0.15, -0.1) is 0 Å². The summed E-state index contributed by atoms with van der Waals surface area (Å²) in [6, 6.07) is 6.19. The summed E-state index contributed by atoms with van der Waals surface area (Å²) in [6.07, 6.45) is 3.69. The molecule has 0 radical (unpaired) electrons. The topological polar surface area (TPSA) is 30.5 Å². The van der Waals surface area contributed by atoms with E-state index in [1.165, 1.54) is 18.4 Å². The zero-order chi connectivity index (χ0) is 14.0. The van der Waals surface area contributed by atoms with Crippen molar-refractivity contribution in [1.82, 2.24) is 5.32 Å². The van der Waals surface area contributed by atoms with Crippen molar-refractivity contribution < 1.29 is 9.47 Å². The van der Waals surface area contributed by atoms with Gasteiger partial charge in [0.1, 0.15) is 0 Å². The molecule has 1 aromatic carbocycles. The maximum Gasteiger partial charge on any atom is 0.165 e. The second kappa shape index (κ2) is 5.65. The van der Waals surface area contributed by atoms with Crippen molar-refractivity contribution in [3.8, 4) is 11.5 Å². The third-order valence-electron chi connectivity index (χ3n) is 4.76. The normalized spacial score (nSPS) is 19.8. The highest BCUT2D eigenvalue weighted by Crippen LogP contribution is 2.51. The van der Waals surface area contributed by atoms with Crippen LogP contribution in [0.4, 0.5) is 0 Å². The summed E-state index contributed by atoms with van der Waals surface area (Å²) < 4.78 is 11.6. The Morgan fingerprint density at radius 3 is 2.75 bits per heavy atom. The van der Waals surface area contributed by atoms with E-state index in [-0.39, 0.29) is 0 Å². The predicted octanol–water partition coefficient (Wildman–Crippen LogP) is 3.37. The minimum absolute atomic E-state index is 0.545. The van der Waals surface area contributed by atoms with Crippen molar-refractivity contribution in [3.63, 3.8) is 0 Å². The molecule has 110 valence electrons. The Kier molecular flexibility index (Phi) is 3.88. The van der Waals surface area contributed by atoms with Crippen LogP contribution in [0, 0.1) is 11.3 Å². The van der Waals surface area contributed by atoms with Crippen LogP contribution in [0.3, 0.4) is 0 Å². The van der Waals surface area contributed by atoms with Crippen LogP contribution in [0.15, 0.2) is 18.2 Å². The monoisotopic (exact) mass is 275 g/mol. The highest BCUT2D eigenvalue weighted by Gasteiger charge is 2.44. The van der Waals surface area contributed by atoms with Crippen molar-refractivity contribution in [2.75, 3.05) is 19.8 Å². The van der Waals surface area contributed by atoms with Crippen LogP contribution in [-0.4, -0.2) is 19.8 Å².